The van der Waals surface area contributed by atoms with Crippen molar-refractivity contribution in [3.05, 3.63) is 76.9 Å². The summed E-state index contributed by atoms with van der Waals surface area (Å²) in [5.74, 6) is 0.811. The molecule has 4 nitrogen and oxygen atoms in total. The van der Waals surface area contributed by atoms with Gasteiger partial charge in [0.1, 0.15) is 12.4 Å². The second-order valence-corrected chi connectivity index (χ2v) is 4.06. The summed E-state index contributed by atoms with van der Waals surface area (Å²) < 4.78 is 5.46. The van der Waals surface area contributed by atoms with E-state index in [0.717, 1.165) is 24.2 Å². The van der Waals surface area contributed by atoms with Crippen LogP contribution in [0.25, 0.3) is 0 Å². The van der Waals surface area contributed by atoms with E-state index in [1.165, 1.54) is 12.1 Å². The molecule has 19 heavy (non-hydrogen) atoms. The maximum Gasteiger partial charge on any atom is 0.269 e. The lowest BCUT2D eigenvalue weighted by Crippen LogP contribution is -1.94. The molecule has 0 aliphatic heterocycles. The monoisotopic (exact) mass is 256 g/mol. The van der Waals surface area contributed by atoms with Gasteiger partial charge in [-0.2, -0.15) is 0 Å². The molecule has 0 N–H and O–H groups in total. The lowest BCUT2D eigenvalue weighted by atomic mass is 10.1. The lowest BCUT2D eigenvalue weighted by Gasteiger charge is -2.04. The van der Waals surface area contributed by atoms with Gasteiger partial charge in [-0.1, -0.05) is 30.3 Å². The van der Waals surface area contributed by atoms with Crippen LogP contribution in [-0.2, 0) is 6.42 Å². The van der Waals surface area contributed by atoms with Gasteiger partial charge < -0.3 is 4.74 Å². The van der Waals surface area contributed by atoms with Crippen molar-refractivity contribution in [1.29, 1.82) is 0 Å². The number of non-ortho nitro benzene ring substituents is 1. The highest BCUT2D eigenvalue weighted by Crippen LogP contribution is 2.15. The standard InChI is InChI=1S/C15H14NO3/c17-16(18)14-10-8-13(9-11-14)5-4-12-19-15-6-2-1-3-7-15/h1-3,6-12H,4-5H2. The average Bonchev–Trinajstić information content (AvgIpc) is 2.45. The second-order valence-electron chi connectivity index (χ2n) is 4.06. The van der Waals surface area contributed by atoms with Crippen LogP contribution < -0.4 is 4.74 Å². The van der Waals surface area contributed by atoms with Crippen LogP contribution in [-0.4, -0.2) is 4.92 Å². The maximum absolute atomic E-state index is 10.5. The molecule has 4 heteroatoms. The minimum Gasteiger partial charge on any atom is -0.487 e. The molecule has 0 atom stereocenters. The third-order valence-corrected chi connectivity index (χ3v) is 2.66. The van der Waals surface area contributed by atoms with Crippen molar-refractivity contribution in [2.24, 2.45) is 0 Å². The molecule has 0 aliphatic rings. The quantitative estimate of drug-likeness (QED) is 0.449. The number of rotatable bonds is 6. The van der Waals surface area contributed by atoms with E-state index in [4.69, 9.17) is 4.74 Å². The zero-order valence-electron chi connectivity index (χ0n) is 10.4. The van der Waals surface area contributed by atoms with Crippen LogP contribution in [0.5, 0.6) is 5.75 Å². The van der Waals surface area contributed by atoms with Gasteiger partial charge in [-0.15, -0.1) is 0 Å². The zero-order chi connectivity index (χ0) is 13.5. The van der Waals surface area contributed by atoms with Gasteiger partial charge in [-0.05, 0) is 30.5 Å². The number of nitro benzene ring substituents is 1. The fraction of sp³-hybridized carbons (Fsp3) is 0.133. The fourth-order valence-electron chi connectivity index (χ4n) is 1.66. The summed E-state index contributed by atoms with van der Waals surface area (Å²) in [7, 11) is 0. The summed E-state index contributed by atoms with van der Waals surface area (Å²) in [5.41, 5.74) is 1.17. The number of nitro groups is 1. The van der Waals surface area contributed by atoms with Gasteiger partial charge in [0.05, 0.1) is 4.92 Å². The SMILES string of the molecule is O=[N+]([O-])c1ccc(CC[CH]Oc2ccccc2)cc1. The number of ether oxygens (including phenoxy) is 1. The molecule has 0 unspecified atom stereocenters. The van der Waals surface area contributed by atoms with Crippen LogP contribution in [0.3, 0.4) is 0 Å². The van der Waals surface area contributed by atoms with Gasteiger partial charge in [0.15, 0.2) is 0 Å². The van der Waals surface area contributed by atoms with E-state index >= 15 is 0 Å². The van der Waals surface area contributed by atoms with Gasteiger partial charge in [0.2, 0.25) is 0 Å². The first-order valence-corrected chi connectivity index (χ1v) is 6.02. The zero-order valence-corrected chi connectivity index (χ0v) is 10.4. The Morgan fingerprint density at radius 1 is 1.05 bits per heavy atom. The molecular formula is C15H14NO3. The van der Waals surface area contributed by atoms with Crippen molar-refractivity contribution in [2.45, 2.75) is 12.8 Å². The van der Waals surface area contributed by atoms with E-state index in [-0.39, 0.29) is 5.69 Å². The van der Waals surface area contributed by atoms with Gasteiger partial charge in [-0.25, -0.2) is 0 Å². The van der Waals surface area contributed by atoms with Crippen molar-refractivity contribution >= 4 is 5.69 Å². The molecular weight excluding hydrogens is 242 g/mol. The molecule has 97 valence electrons. The second kappa shape index (κ2) is 6.54. The Bertz CT molecular complexity index is 523. The van der Waals surface area contributed by atoms with Crippen LogP contribution in [0, 0.1) is 16.7 Å². The molecule has 0 saturated carbocycles. The number of nitrogens with zero attached hydrogens (tertiary/aromatic N) is 1. The molecule has 2 rings (SSSR count). The Balaban J connectivity index is 1.75. The van der Waals surface area contributed by atoms with E-state index in [9.17, 15) is 10.1 Å². The van der Waals surface area contributed by atoms with Crippen molar-refractivity contribution in [1.82, 2.24) is 0 Å². The van der Waals surface area contributed by atoms with Crippen LogP contribution in [0.15, 0.2) is 54.6 Å². The van der Waals surface area contributed by atoms with Crippen LogP contribution in [0.2, 0.25) is 0 Å². The Labute approximate surface area is 111 Å². The number of hydrogen-bond donors (Lipinski definition) is 0. The Kier molecular flexibility index (Phi) is 4.50. The van der Waals surface area contributed by atoms with Gasteiger partial charge in [0.25, 0.3) is 5.69 Å². The van der Waals surface area contributed by atoms with Gasteiger partial charge >= 0.3 is 0 Å². The van der Waals surface area contributed by atoms with Gasteiger partial charge in [-0.3, -0.25) is 10.1 Å². The number of aryl methyl sites for hydroxylation is 1. The van der Waals surface area contributed by atoms with Crippen LogP contribution in [0.1, 0.15) is 12.0 Å². The van der Waals surface area contributed by atoms with E-state index in [0.29, 0.717) is 0 Å². The summed E-state index contributed by atoms with van der Waals surface area (Å²) in [4.78, 5) is 10.1. The summed E-state index contributed by atoms with van der Waals surface area (Å²) in [6.45, 7) is 1.75. The maximum atomic E-state index is 10.5. The summed E-state index contributed by atoms with van der Waals surface area (Å²) in [6, 6.07) is 16.1. The van der Waals surface area contributed by atoms with E-state index < -0.39 is 4.92 Å². The summed E-state index contributed by atoms with van der Waals surface area (Å²) in [5, 5.41) is 10.5. The third kappa shape index (κ3) is 4.10. The fourth-order valence-corrected chi connectivity index (χ4v) is 1.66. The topological polar surface area (TPSA) is 52.4 Å². The van der Waals surface area contributed by atoms with Crippen molar-refractivity contribution in [2.75, 3.05) is 0 Å². The smallest absolute Gasteiger partial charge is 0.269 e. The molecule has 2 aromatic carbocycles. The minimum absolute atomic E-state index is 0.119. The molecule has 1 radical (unpaired) electrons. The Morgan fingerprint density at radius 3 is 2.37 bits per heavy atom. The van der Waals surface area contributed by atoms with Crippen molar-refractivity contribution < 1.29 is 9.66 Å². The minimum atomic E-state index is -0.394. The highest BCUT2D eigenvalue weighted by Gasteiger charge is 2.03. The predicted molar refractivity (Wildman–Crippen MR) is 72.8 cm³/mol. The lowest BCUT2D eigenvalue weighted by molar-refractivity contribution is -0.384. The first-order chi connectivity index (χ1) is 9.25. The molecule has 2 aromatic rings. The van der Waals surface area contributed by atoms with Crippen molar-refractivity contribution in [3.8, 4) is 5.75 Å². The molecule has 0 fully saturated rings. The molecule has 0 bridgehead atoms. The molecule has 0 saturated heterocycles. The Morgan fingerprint density at radius 2 is 1.74 bits per heavy atom. The highest BCUT2D eigenvalue weighted by atomic mass is 16.6. The average molecular weight is 256 g/mol. The molecule has 0 spiro atoms. The number of benzene rings is 2. The summed E-state index contributed by atoms with van der Waals surface area (Å²) in [6.07, 6.45) is 1.55. The molecule has 0 heterocycles. The van der Waals surface area contributed by atoms with Gasteiger partial charge in [0, 0.05) is 12.1 Å². The Hall–Kier alpha value is -2.36. The number of hydrogen-bond acceptors (Lipinski definition) is 3. The summed E-state index contributed by atoms with van der Waals surface area (Å²) >= 11 is 0. The van der Waals surface area contributed by atoms with E-state index in [1.807, 2.05) is 30.3 Å². The van der Waals surface area contributed by atoms with E-state index in [2.05, 4.69) is 0 Å². The van der Waals surface area contributed by atoms with Crippen molar-refractivity contribution in [3.63, 3.8) is 0 Å². The predicted octanol–water partition coefficient (Wildman–Crippen LogP) is 3.77. The number of para-hydroxylation sites is 1. The van der Waals surface area contributed by atoms with E-state index in [1.54, 1.807) is 18.7 Å². The first-order valence-electron chi connectivity index (χ1n) is 6.02. The molecule has 0 aromatic heterocycles. The van der Waals surface area contributed by atoms with Crippen LogP contribution in [0.4, 0.5) is 5.69 Å². The normalized spacial score (nSPS) is 10.1. The molecule has 0 amide bonds. The van der Waals surface area contributed by atoms with Crippen LogP contribution >= 0.6 is 0 Å². The highest BCUT2D eigenvalue weighted by molar-refractivity contribution is 5.33. The first kappa shape index (κ1) is 13.1. The largest absolute Gasteiger partial charge is 0.487 e. The molecule has 0 aliphatic carbocycles. The third-order valence-electron chi connectivity index (χ3n) is 2.66.